The van der Waals surface area contributed by atoms with Crippen LogP contribution in [0, 0.1) is 0 Å². The molecule has 0 aliphatic rings. The molecule has 2 N–H and O–H groups in total. The van der Waals surface area contributed by atoms with E-state index in [1.165, 1.54) is 18.2 Å². The van der Waals surface area contributed by atoms with Gasteiger partial charge in [0.05, 0.1) is 21.4 Å². The van der Waals surface area contributed by atoms with Crippen LogP contribution in [-0.4, -0.2) is 19.3 Å². The number of halogens is 2. The Labute approximate surface area is 178 Å². The summed E-state index contributed by atoms with van der Waals surface area (Å²) in [4.78, 5) is 16.0. The van der Waals surface area contributed by atoms with Crippen LogP contribution in [0.25, 0.3) is 0 Å². The lowest BCUT2D eigenvalue weighted by molar-refractivity contribution is -0.120. The summed E-state index contributed by atoms with van der Waals surface area (Å²) in [6.45, 7) is 0.420. The number of aromatic nitrogens is 1. The van der Waals surface area contributed by atoms with E-state index in [0.717, 1.165) is 11.1 Å². The van der Waals surface area contributed by atoms with Gasteiger partial charge in [0.25, 0.3) is 10.0 Å². The molecule has 1 heterocycles. The molecule has 29 heavy (non-hydrogen) atoms. The van der Waals surface area contributed by atoms with Gasteiger partial charge in [-0.25, -0.2) is 8.42 Å². The molecular weight excluding hydrogens is 433 g/mol. The zero-order chi connectivity index (χ0) is 20.9. The van der Waals surface area contributed by atoms with Crippen molar-refractivity contribution < 1.29 is 13.2 Å². The molecule has 0 aliphatic heterocycles. The van der Waals surface area contributed by atoms with Crippen molar-refractivity contribution in [2.75, 3.05) is 4.72 Å². The molecule has 0 unspecified atom stereocenters. The lowest BCUT2D eigenvalue weighted by atomic mass is 10.1. The maximum atomic E-state index is 12.5. The highest BCUT2D eigenvalue weighted by molar-refractivity contribution is 7.92. The minimum Gasteiger partial charge on any atom is -0.352 e. The van der Waals surface area contributed by atoms with Gasteiger partial charge < -0.3 is 5.32 Å². The molecule has 0 saturated heterocycles. The van der Waals surface area contributed by atoms with Crippen LogP contribution < -0.4 is 10.0 Å². The maximum Gasteiger partial charge on any atom is 0.261 e. The number of rotatable bonds is 7. The Hall–Kier alpha value is -2.61. The number of benzene rings is 2. The molecule has 0 atom stereocenters. The summed E-state index contributed by atoms with van der Waals surface area (Å²) in [5.41, 5.74) is 2.09. The molecule has 9 heteroatoms. The molecular formula is C20H17Cl2N3O3S. The number of carbonyl (C=O) groups excluding carboxylic acids is 1. The van der Waals surface area contributed by atoms with Crippen LogP contribution in [0.5, 0.6) is 0 Å². The van der Waals surface area contributed by atoms with E-state index in [-0.39, 0.29) is 27.3 Å². The number of nitrogens with one attached hydrogen (secondary N) is 2. The molecule has 0 spiro atoms. The Balaban J connectivity index is 1.59. The van der Waals surface area contributed by atoms with Crippen LogP contribution in [0.15, 0.2) is 71.9 Å². The van der Waals surface area contributed by atoms with Crippen LogP contribution in [0.2, 0.25) is 10.0 Å². The molecule has 6 nitrogen and oxygen atoms in total. The first-order chi connectivity index (χ1) is 13.8. The normalized spacial score (nSPS) is 11.1. The highest BCUT2D eigenvalue weighted by atomic mass is 35.5. The summed E-state index contributed by atoms with van der Waals surface area (Å²) in [6.07, 6.45) is 3.52. The Kier molecular flexibility index (Phi) is 6.74. The summed E-state index contributed by atoms with van der Waals surface area (Å²) < 4.78 is 27.4. The third-order valence-electron chi connectivity index (χ3n) is 4.01. The van der Waals surface area contributed by atoms with E-state index in [2.05, 4.69) is 15.0 Å². The van der Waals surface area contributed by atoms with Gasteiger partial charge in [-0.2, -0.15) is 0 Å². The van der Waals surface area contributed by atoms with Crippen molar-refractivity contribution in [1.29, 1.82) is 0 Å². The third kappa shape index (κ3) is 5.93. The number of pyridine rings is 1. The summed E-state index contributed by atoms with van der Waals surface area (Å²) in [6, 6.07) is 14.3. The van der Waals surface area contributed by atoms with Crippen molar-refractivity contribution in [3.63, 3.8) is 0 Å². The first kappa shape index (κ1) is 21.1. The summed E-state index contributed by atoms with van der Waals surface area (Å²) in [5, 5.41) is 3.26. The second kappa shape index (κ2) is 9.26. The Bertz CT molecular complexity index is 1110. The summed E-state index contributed by atoms with van der Waals surface area (Å²) in [7, 11) is -3.81. The van der Waals surface area contributed by atoms with Gasteiger partial charge in [-0.15, -0.1) is 0 Å². The first-order valence-corrected chi connectivity index (χ1v) is 10.8. The maximum absolute atomic E-state index is 12.5. The lowest BCUT2D eigenvalue weighted by Crippen LogP contribution is -2.24. The van der Waals surface area contributed by atoms with Crippen LogP contribution in [0.4, 0.5) is 5.69 Å². The monoisotopic (exact) mass is 449 g/mol. The zero-order valence-electron chi connectivity index (χ0n) is 15.1. The van der Waals surface area contributed by atoms with Crippen LogP contribution in [0.3, 0.4) is 0 Å². The summed E-state index contributed by atoms with van der Waals surface area (Å²) >= 11 is 11.7. The lowest BCUT2D eigenvalue weighted by Gasteiger charge is -2.10. The second-order valence-electron chi connectivity index (χ2n) is 6.19. The second-order valence-corrected chi connectivity index (χ2v) is 8.68. The quantitative estimate of drug-likeness (QED) is 0.569. The highest BCUT2D eigenvalue weighted by Gasteiger charge is 2.16. The van der Waals surface area contributed by atoms with E-state index in [4.69, 9.17) is 23.2 Å². The molecule has 0 radical (unpaired) electrons. The minimum atomic E-state index is -3.81. The Morgan fingerprint density at radius 3 is 2.24 bits per heavy atom. The van der Waals surface area contributed by atoms with Crippen LogP contribution in [-0.2, 0) is 27.8 Å². The molecule has 0 aliphatic carbocycles. The fourth-order valence-corrected chi connectivity index (χ4v) is 3.95. The van der Waals surface area contributed by atoms with Gasteiger partial charge in [0.15, 0.2) is 0 Å². The van der Waals surface area contributed by atoms with Crippen LogP contribution >= 0.6 is 23.2 Å². The van der Waals surface area contributed by atoms with Gasteiger partial charge in [-0.3, -0.25) is 14.5 Å². The summed E-state index contributed by atoms with van der Waals surface area (Å²) in [5.74, 6) is -0.133. The van der Waals surface area contributed by atoms with Crippen molar-refractivity contribution >= 4 is 44.8 Å². The smallest absolute Gasteiger partial charge is 0.261 e. The number of nitrogens with zero attached hydrogens (tertiary/aromatic N) is 1. The first-order valence-electron chi connectivity index (χ1n) is 8.56. The number of sulfonamides is 1. The van der Waals surface area contributed by atoms with Gasteiger partial charge in [0.1, 0.15) is 0 Å². The molecule has 2 aromatic carbocycles. The third-order valence-corrected chi connectivity index (χ3v) is 6.13. The Morgan fingerprint density at radius 2 is 1.59 bits per heavy atom. The standard InChI is InChI=1S/C20H17Cl2N3O3S/c21-18-6-5-17(12-19(18)22)29(27,28)25-16-3-1-14(2-4-16)11-20(26)24-13-15-7-9-23-10-8-15/h1-10,12,25H,11,13H2,(H,24,26). The molecule has 0 saturated carbocycles. The predicted octanol–water partition coefficient (Wildman–Crippen LogP) is 4.05. The van der Waals surface area contributed by atoms with Gasteiger partial charge in [0.2, 0.25) is 5.91 Å². The van der Waals surface area contributed by atoms with Gasteiger partial charge >= 0.3 is 0 Å². The molecule has 1 aromatic heterocycles. The molecule has 1 amide bonds. The van der Waals surface area contributed by atoms with E-state index in [0.29, 0.717) is 12.2 Å². The van der Waals surface area contributed by atoms with E-state index < -0.39 is 10.0 Å². The number of amides is 1. The number of hydrogen-bond donors (Lipinski definition) is 2. The van der Waals surface area contributed by atoms with Crippen molar-refractivity contribution in [2.24, 2.45) is 0 Å². The molecule has 0 bridgehead atoms. The largest absolute Gasteiger partial charge is 0.352 e. The average molecular weight is 450 g/mol. The number of anilines is 1. The fraction of sp³-hybridized carbons (Fsp3) is 0.100. The fourth-order valence-electron chi connectivity index (χ4n) is 2.50. The van der Waals surface area contributed by atoms with E-state index >= 15 is 0 Å². The van der Waals surface area contributed by atoms with Crippen molar-refractivity contribution in [2.45, 2.75) is 17.9 Å². The van der Waals surface area contributed by atoms with Crippen LogP contribution in [0.1, 0.15) is 11.1 Å². The van der Waals surface area contributed by atoms with Crippen molar-refractivity contribution in [1.82, 2.24) is 10.3 Å². The van der Waals surface area contributed by atoms with Crippen molar-refractivity contribution in [3.05, 3.63) is 88.2 Å². The topological polar surface area (TPSA) is 88.2 Å². The number of hydrogen-bond acceptors (Lipinski definition) is 4. The molecule has 3 aromatic rings. The molecule has 0 fully saturated rings. The predicted molar refractivity (Wildman–Crippen MR) is 114 cm³/mol. The van der Waals surface area contributed by atoms with E-state index in [1.807, 2.05) is 12.1 Å². The van der Waals surface area contributed by atoms with E-state index in [9.17, 15) is 13.2 Å². The van der Waals surface area contributed by atoms with Gasteiger partial charge in [0, 0.05) is 24.6 Å². The average Bonchev–Trinajstić information content (AvgIpc) is 2.70. The minimum absolute atomic E-state index is 0.00599. The van der Waals surface area contributed by atoms with E-state index in [1.54, 1.807) is 36.7 Å². The number of carbonyl (C=O) groups is 1. The Morgan fingerprint density at radius 1 is 0.897 bits per heavy atom. The molecule has 150 valence electrons. The SMILES string of the molecule is O=C(Cc1ccc(NS(=O)(=O)c2ccc(Cl)c(Cl)c2)cc1)NCc1ccncc1. The zero-order valence-corrected chi connectivity index (χ0v) is 17.4. The molecule has 3 rings (SSSR count). The van der Waals surface area contributed by atoms with Gasteiger partial charge in [-0.05, 0) is 53.6 Å². The highest BCUT2D eigenvalue weighted by Crippen LogP contribution is 2.26. The van der Waals surface area contributed by atoms with Gasteiger partial charge in [-0.1, -0.05) is 35.3 Å². The van der Waals surface area contributed by atoms with Crippen molar-refractivity contribution in [3.8, 4) is 0 Å².